The summed E-state index contributed by atoms with van der Waals surface area (Å²) in [4.78, 5) is 2.41. The van der Waals surface area contributed by atoms with Gasteiger partial charge in [0.25, 0.3) is 0 Å². The van der Waals surface area contributed by atoms with Crippen molar-refractivity contribution in [2.24, 2.45) is 0 Å². The van der Waals surface area contributed by atoms with Crippen molar-refractivity contribution in [1.29, 1.82) is 5.26 Å². The third-order valence-electron chi connectivity index (χ3n) is 2.46. The monoisotopic (exact) mass is 324 g/mol. The number of hydrogen-bond donors (Lipinski definition) is 1. The van der Waals surface area contributed by atoms with Gasteiger partial charge in [-0.25, -0.2) is 4.39 Å². The molecule has 0 fully saturated rings. The molecule has 2 aromatic rings. The first-order valence-corrected chi connectivity index (χ1v) is 6.89. The van der Waals surface area contributed by atoms with E-state index in [2.05, 4.69) is 27.3 Å². The van der Waals surface area contributed by atoms with E-state index >= 15 is 0 Å². The molecule has 2 rings (SSSR count). The number of nitriles is 1. The molecule has 0 unspecified atom stereocenters. The van der Waals surface area contributed by atoms with Crippen LogP contribution in [0.15, 0.2) is 28.7 Å². The van der Waals surface area contributed by atoms with Gasteiger partial charge in [0.15, 0.2) is 0 Å². The number of hydrogen-bond acceptors (Lipinski definition) is 3. The van der Waals surface area contributed by atoms with E-state index in [0.717, 1.165) is 10.2 Å². The molecule has 1 aromatic heterocycles. The summed E-state index contributed by atoms with van der Waals surface area (Å²) in [5.41, 5.74) is 0.804. The number of benzene rings is 1. The minimum Gasteiger partial charge on any atom is -0.380 e. The maximum Gasteiger partial charge on any atom is 0.141 e. The fourth-order valence-corrected chi connectivity index (χ4v) is 3.06. The van der Waals surface area contributed by atoms with Gasteiger partial charge in [-0.1, -0.05) is 0 Å². The summed E-state index contributed by atoms with van der Waals surface area (Å²) in [6.45, 7) is 2.71. The summed E-state index contributed by atoms with van der Waals surface area (Å²) in [5.74, 6) is -0.488. The molecule has 1 heterocycles. The molecule has 1 N–H and O–H groups in total. The minimum absolute atomic E-state index is 0.0588. The number of anilines is 1. The largest absolute Gasteiger partial charge is 0.380 e. The van der Waals surface area contributed by atoms with Crippen LogP contribution in [0.1, 0.15) is 15.3 Å². The highest BCUT2D eigenvalue weighted by molar-refractivity contribution is 9.10. The second kappa shape index (κ2) is 5.51. The highest BCUT2D eigenvalue weighted by atomic mass is 79.9. The van der Waals surface area contributed by atoms with Crippen LogP contribution in [0, 0.1) is 24.1 Å². The van der Waals surface area contributed by atoms with E-state index in [4.69, 9.17) is 5.26 Å². The highest BCUT2D eigenvalue weighted by Gasteiger charge is 2.05. The predicted molar refractivity (Wildman–Crippen MR) is 75.2 cm³/mol. The Bertz CT molecular complexity index is 596. The zero-order valence-corrected chi connectivity index (χ0v) is 12.0. The van der Waals surface area contributed by atoms with Gasteiger partial charge in [0, 0.05) is 26.5 Å². The fourth-order valence-electron chi connectivity index (χ4n) is 1.52. The van der Waals surface area contributed by atoms with Crippen molar-refractivity contribution in [1.82, 2.24) is 0 Å². The average Bonchev–Trinajstić information content (AvgIpc) is 2.68. The first-order chi connectivity index (χ1) is 8.60. The van der Waals surface area contributed by atoms with Gasteiger partial charge >= 0.3 is 0 Å². The Morgan fingerprint density at radius 1 is 1.44 bits per heavy atom. The fraction of sp³-hybridized carbons (Fsp3) is 0.154. The van der Waals surface area contributed by atoms with E-state index in [1.54, 1.807) is 17.4 Å². The van der Waals surface area contributed by atoms with Crippen molar-refractivity contribution < 1.29 is 4.39 Å². The van der Waals surface area contributed by atoms with E-state index in [0.29, 0.717) is 6.54 Å². The quantitative estimate of drug-likeness (QED) is 0.905. The standard InChI is InChI=1S/C13H10BrFN2S/c1-8-12(14)5-11(18-8)7-17-10-2-3-13(15)9(4-10)6-16/h2-5,17H,7H2,1H3. The summed E-state index contributed by atoms with van der Waals surface area (Å²) in [5, 5.41) is 11.9. The van der Waals surface area contributed by atoms with E-state index in [9.17, 15) is 4.39 Å². The van der Waals surface area contributed by atoms with E-state index < -0.39 is 5.82 Å². The Balaban J connectivity index is 2.09. The van der Waals surface area contributed by atoms with Crippen LogP contribution in [0.5, 0.6) is 0 Å². The van der Waals surface area contributed by atoms with Crippen molar-refractivity contribution in [2.45, 2.75) is 13.5 Å². The normalized spacial score (nSPS) is 10.1. The molecule has 0 amide bonds. The van der Waals surface area contributed by atoms with Crippen LogP contribution >= 0.6 is 27.3 Å². The Kier molecular flexibility index (Phi) is 4.00. The lowest BCUT2D eigenvalue weighted by Gasteiger charge is -2.05. The molecule has 0 radical (unpaired) electrons. The van der Waals surface area contributed by atoms with Crippen molar-refractivity contribution in [3.8, 4) is 6.07 Å². The zero-order chi connectivity index (χ0) is 13.1. The van der Waals surface area contributed by atoms with E-state index in [1.807, 2.05) is 13.0 Å². The third kappa shape index (κ3) is 2.89. The Hall–Kier alpha value is -1.38. The van der Waals surface area contributed by atoms with Gasteiger partial charge in [0.1, 0.15) is 11.9 Å². The van der Waals surface area contributed by atoms with Gasteiger partial charge < -0.3 is 5.32 Å². The van der Waals surface area contributed by atoms with Crippen molar-refractivity contribution >= 4 is 33.0 Å². The van der Waals surface area contributed by atoms with Crippen LogP contribution in [-0.4, -0.2) is 0 Å². The number of aryl methyl sites for hydroxylation is 1. The van der Waals surface area contributed by atoms with Crippen LogP contribution in [0.2, 0.25) is 0 Å². The van der Waals surface area contributed by atoms with Crippen LogP contribution < -0.4 is 5.32 Å². The van der Waals surface area contributed by atoms with Crippen LogP contribution in [-0.2, 0) is 6.54 Å². The molecular formula is C13H10BrFN2S. The molecule has 0 aliphatic heterocycles. The number of thiophene rings is 1. The third-order valence-corrected chi connectivity index (χ3v) is 4.60. The second-order valence-electron chi connectivity index (χ2n) is 3.78. The van der Waals surface area contributed by atoms with Gasteiger partial charge in [-0.15, -0.1) is 11.3 Å². The number of halogens is 2. The number of nitrogens with zero attached hydrogens (tertiary/aromatic N) is 1. The van der Waals surface area contributed by atoms with Crippen LogP contribution in [0.25, 0.3) is 0 Å². The molecule has 0 saturated carbocycles. The Labute approximate surface area is 117 Å². The lowest BCUT2D eigenvalue weighted by molar-refractivity contribution is 0.624. The van der Waals surface area contributed by atoms with Crippen LogP contribution in [0.3, 0.4) is 0 Å². The molecule has 92 valence electrons. The van der Waals surface area contributed by atoms with E-state index in [1.165, 1.54) is 21.9 Å². The molecule has 0 bridgehead atoms. The Morgan fingerprint density at radius 2 is 2.22 bits per heavy atom. The van der Waals surface area contributed by atoms with Crippen LogP contribution in [0.4, 0.5) is 10.1 Å². The molecule has 0 atom stereocenters. The smallest absolute Gasteiger partial charge is 0.141 e. The average molecular weight is 325 g/mol. The maximum atomic E-state index is 13.1. The SMILES string of the molecule is Cc1sc(CNc2ccc(F)c(C#N)c2)cc1Br. The second-order valence-corrected chi connectivity index (χ2v) is 5.97. The van der Waals surface area contributed by atoms with Gasteiger partial charge in [0.2, 0.25) is 0 Å². The highest BCUT2D eigenvalue weighted by Crippen LogP contribution is 2.27. The first kappa shape index (κ1) is 13.1. The summed E-state index contributed by atoms with van der Waals surface area (Å²) < 4.78 is 14.2. The van der Waals surface area contributed by atoms with Gasteiger partial charge in [-0.3, -0.25) is 0 Å². The molecular weight excluding hydrogens is 315 g/mol. The molecule has 1 aromatic carbocycles. The lowest BCUT2D eigenvalue weighted by Crippen LogP contribution is -1.98. The molecule has 0 aliphatic rings. The van der Waals surface area contributed by atoms with Gasteiger partial charge in [-0.2, -0.15) is 5.26 Å². The number of rotatable bonds is 3. The van der Waals surface area contributed by atoms with E-state index in [-0.39, 0.29) is 5.56 Å². The minimum atomic E-state index is -0.488. The zero-order valence-electron chi connectivity index (χ0n) is 9.63. The topological polar surface area (TPSA) is 35.8 Å². The predicted octanol–water partition coefficient (Wildman–Crippen LogP) is 4.44. The molecule has 0 spiro atoms. The Morgan fingerprint density at radius 3 is 2.83 bits per heavy atom. The number of nitrogens with one attached hydrogen (secondary N) is 1. The summed E-state index contributed by atoms with van der Waals surface area (Å²) in [7, 11) is 0. The molecule has 18 heavy (non-hydrogen) atoms. The molecule has 0 saturated heterocycles. The first-order valence-electron chi connectivity index (χ1n) is 5.28. The van der Waals surface area contributed by atoms with Crippen molar-refractivity contribution in [3.05, 3.63) is 49.9 Å². The van der Waals surface area contributed by atoms with Gasteiger partial charge in [-0.05, 0) is 47.1 Å². The summed E-state index contributed by atoms with van der Waals surface area (Å²) in [6.07, 6.45) is 0. The lowest BCUT2D eigenvalue weighted by atomic mass is 10.2. The summed E-state index contributed by atoms with van der Waals surface area (Å²) in [6, 6.07) is 8.34. The van der Waals surface area contributed by atoms with Crippen molar-refractivity contribution in [2.75, 3.05) is 5.32 Å². The van der Waals surface area contributed by atoms with Gasteiger partial charge in [0.05, 0.1) is 5.56 Å². The summed E-state index contributed by atoms with van der Waals surface area (Å²) >= 11 is 5.16. The maximum absolute atomic E-state index is 13.1. The molecule has 2 nitrogen and oxygen atoms in total. The molecule has 0 aliphatic carbocycles. The molecule has 5 heteroatoms. The van der Waals surface area contributed by atoms with Crippen molar-refractivity contribution in [3.63, 3.8) is 0 Å².